The maximum absolute atomic E-state index is 13.5. The molecule has 0 aromatic heterocycles. The van der Waals surface area contributed by atoms with Crippen LogP contribution in [-0.4, -0.2) is 30.2 Å². The Morgan fingerprint density at radius 3 is 2.11 bits per heavy atom. The molecule has 3 unspecified atom stereocenters. The average Bonchev–Trinajstić information content (AvgIpc) is 2.87. The molecule has 1 aliphatic carbocycles. The van der Waals surface area contributed by atoms with Crippen molar-refractivity contribution < 1.29 is 13.2 Å². The van der Waals surface area contributed by atoms with Gasteiger partial charge in [0.25, 0.3) is 0 Å². The Kier molecular flexibility index (Phi) is 12.3. The van der Waals surface area contributed by atoms with Crippen LogP contribution in [0.2, 0.25) is 0 Å². The van der Waals surface area contributed by atoms with Crippen molar-refractivity contribution in [1.29, 1.82) is 5.26 Å². The monoisotopic (exact) mass is 486 g/mol. The standard InChI is InChI=1S/C28H38F3N.C2H3N/c1-3-25(32(4-2)21-20-22-10-6-5-7-11-22)19-16-23-14-17-24(18-15-23)26-12-8-9-13-27(26)28(29,30)31;1-2-3/h5-7,10-11,14-15,17-18,25-27H,3-4,8-9,12-13,16,19-21H2,1-2H3;1H3. The van der Waals surface area contributed by atoms with Crippen molar-refractivity contribution >= 4 is 0 Å². The third kappa shape index (κ3) is 9.33. The second-order valence-electron chi connectivity index (χ2n) is 9.47. The third-order valence-corrected chi connectivity index (χ3v) is 7.28. The Balaban J connectivity index is 0.00000137. The predicted molar refractivity (Wildman–Crippen MR) is 138 cm³/mol. The summed E-state index contributed by atoms with van der Waals surface area (Å²) in [6.07, 6.45) is 2.61. The van der Waals surface area contributed by atoms with E-state index in [4.69, 9.17) is 5.26 Å². The smallest absolute Gasteiger partial charge is 0.300 e. The fourth-order valence-electron chi connectivity index (χ4n) is 5.35. The van der Waals surface area contributed by atoms with Crippen molar-refractivity contribution in [3.63, 3.8) is 0 Å². The van der Waals surface area contributed by atoms with Gasteiger partial charge >= 0.3 is 6.18 Å². The second kappa shape index (κ2) is 14.9. The maximum atomic E-state index is 13.5. The summed E-state index contributed by atoms with van der Waals surface area (Å²) in [5, 5.41) is 7.32. The molecule has 1 aliphatic rings. The predicted octanol–water partition coefficient (Wildman–Crippen LogP) is 8.33. The van der Waals surface area contributed by atoms with Gasteiger partial charge in [-0.25, -0.2) is 0 Å². The first-order valence-electron chi connectivity index (χ1n) is 13.1. The van der Waals surface area contributed by atoms with Gasteiger partial charge in [-0.15, -0.1) is 0 Å². The zero-order valence-electron chi connectivity index (χ0n) is 21.5. The number of aryl methyl sites for hydroxylation is 1. The molecule has 0 radical (unpaired) electrons. The molecule has 2 aromatic carbocycles. The van der Waals surface area contributed by atoms with Crippen LogP contribution < -0.4 is 0 Å². The molecular weight excluding hydrogens is 445 g/mol. The minimum Gasteiger partial charge on any atom is -0.300 e. The van der Waals surface area contributed by atoms with Crippen LogP contribution in [0.15, 0.2) is 54.6 Å². The molecule has 3 atom stereocenters. The van der Waals surface area contributed by atoms with Gasteiger partial charge in [0.2, 0.25) is 0 Å². The van der Waals surface area contributed by atoms with Crippen molar-refractivity contribution in [2.75, 3.05) is 13.1 Å². The zero-order chi connectivity index (χ0) is 25.7. The van der Waals surface area contributed by atoms with Crippen LogP contribution in [0.3, 0.4) is 0 Å². The van der Waals surface area contributed by atoms with Crippen LogP contribution in [-0.2, 0) is 12.8 Å². The Labute approximate surface area is 210 Å². The van der Waals surface area contributed by atoms with Crippen LogP contribution >= 0.6 is 0 Å². The maximum Gasteiger partial charge on any atom is 0.392 e. The molecule has 0 aliphatic heterocycles. The number of halogens is 3. The summed E-state index contributed by atoms with van der Waals surface area (Å²) in [6.45, 7) is 7.99. The molecule has 0 saturated heterocycles. The molecule has 0 bridgehead atoms. The number of rotatable bonds is 10. The van der Waals surface area contributed by atoms with E-state index in [2.05, 4.69) is 61.2 Å². The molecule has 2 nitrogen and oxygen atoms in total. The summed E-state index contributed by atoms with van der Waals surface area (Å²) in [6, 6.07) is 20.9. The fourth-order valence-corrected chi connectivity index (χ4v) is 5.35. The van der Waals surface area contributed by atoms with Gasteiger partial charge in [0.05, 0.1) is 12.0 Å². The summed E-state index contributed by atoms with van der Waals surface area (Å²) >= 11 is 0. The minimum absolute atomic E-state index is 0.268. The van der Waals surface area contributed by atoms with Crippen LogP contribution in [0, 0.1) is 17.2 Å². The number of likely N-dealkylation sites (N-methyl/N-ethyl adjacent to an activating group) is 1. The van der Waals surface area contributed by atoms with Crippen molar-refractivity contribution in [3.8, 4) is 6.07 Å². The number of alkyl halides is 3. The van der Waals surface area contributed by atoms with Gasteiger partial charge in [0.1, 0.15) is 0 Å². The quantitative estimate of drug-likeness (QED) is 0.337. The van der Waals surface area contributed by atoms with E-state index in [1.54, 1.807) is 6.07 Å². The summed E-state index contributed by atoms with van der Waals surface area (Å²) in [4.78, 5) is 2.57. The number of nitriles is 1. The summed E-state index contributed by atoms with van der Waals surface area (Å²) < 4.78 is 40.4. The van der Waals surface area contributed by atoms with E-state index in [0.717, 1.165) is 50.8 Å². The van der Waals surface area contributed by atoms with Gasteiger partial charge in [0, 0.05) is 19.5 Å². The highest BCUT2D eigenvalue weighted by Gasteiger charge is 2.45. The highest BCUT2D eigenvalue weighted by atomic mass is 19.4. The molecule has 192 valence electrons. The molecule has 0 N–H and O–H groups in total. The van der Waals surface area contributed by atoms with Gasteiger partial charge in [0.15, 0.2) is 0 Å². The Hall–Kier alpha value is -2.32. The number of hydrogen-bond donors (Lipinski definition) is 0. The Morgan fingerprint density at radius 1 is 0.943 bits per heavy atom. The molecule has 2 aromatic rings. The first-order chi connectivity index (χ1) is 16.8. The summed E-state index contributed by atoms with van der Waals surface area (Å²) in [5.74, 6) is -1.57. The fraction of sp³-hybridized carbons (Fsp3) is 0.567. The third-order valence-electron chi connectivity index (χ3n) is 7.28. The molecular formula is C30H41F3N2. The van der Waals surface area contributed by atoms with E-state index in [-0.39, 0.29) is 12.3 Å². The summed E-state index contributed by atoms with van der Waals surface area (Å²) in [5.41, 5.74) is 3.46. The largest absolute Gasteiger partial charge is 0.392 e. The topological polar surface area (TPSA) is 27.0 Å². The van der Waals surface area contributed by atoms with Crippen LogP contribution in [0.25, 0.3) is 0 Å². The SMILES string of the molecule is CC#N.CCC(CCc1ccc(C2CCCCC2C(F)(F)F)cc1)N(CC)CCc1ccccc1. The van der Waals surface area contributed by atoms with E-state index < -0.39 is 12.1 Å². The molecule has 35 heavy (non-hydrogen) atoms. The molecule has 1 saturated carbocycles. The number of hydrogen-bond acceptors (Lipinski definition) is 2. The lowest BCUT2D eigenvalue weighted by Crippen LogP contribution is -2.36. The minimum atomic E-state index is -4.10. The summed E-state index contributed by atoms with van der Waals surface area (Å²) in [7, 11) is 0. The number of nitrogens with zero attached hydrogens (tertiary/aromatic N) is 2. The number of benzene rings is 2. The van der Waals surface area contributed by atoms with Crippen LogP contribution in [0.1, 0.15) is 81.9 Å². The van der Waals surface area contributed by atoms with E-state index in [9.17, 15) is 13.2 Å². The Bertz CT molecular complexity index is 871. The van der Waals surface area contributed by atoms with E-state index >= 15 is 0 Å². The van der Waals surface area contributed by atoms with Gasteiger partial charge in [-0.2, -0.15) is 18.4 Å². The second-order valence-corrected chi connectivity index (χ2v) is 9.47. The average molecular weight is 487 g/mol. The van der Waals surface area contributed by atoms with E-state index in [1.807, 2.05) is 12.1 Å². The van der Waals surface area contributed by atoms with Crippen molar-refractivity contribution in [2.45, 2.75) is 90.3 Å². The highest BCUT2D eigenvalue weighted by Crippen LogP contribution is 2.46. The zero-order valence-corrected chi connectivity index (χ0v) is 21.5. The normalized spacial score (nSPS) is 18.9. The first kappa shape index (κ1) is 28.9. The molecule has 0 amide bonds. The van der Waals surface area contributed by atoms with Crippen LogP contribution in [0.4, 0.5) is 13.2 Å². The van der Waals surface area contributed by atoms with Gasteiger partial charge < -0.3 is 4.90 Å². The van der Waals surface area contributed by atoms with Crippen molar-refractivity contribution in [3.05, 3.63) is 71.3 Å². The van der Waals surface area contributed by atoms with E-state index in [1.165, 1.54) is 18.1 Å². The first-order valence-corrected chi connectivity index (χ1v) is 13.1. The molecule has 1 fully saturated rings. The van der Waals surface area contributed by atoms with E-state index in [0.29, 0.717) is 18.9 Å². The highest BCUT2D eigenvalue weighted by molar-refractivity contribution is 5.27. The lowest BCUT2D eigenvalue weighted by Gasteiger charge is -2.33. The van der Waals surface area contributed by atoms with Gasteiger partial charge in [-0.1, -0.05) is 81.3 Å². The van der Waals surface area contributed by atoms with Gasteiger partial charge in [-0.3, -0.25) is 0 Å². The lowest BCUT2D eigenvalue weighted by molar-refractivity contribution is -0.187. The molecule has 3 rings (SSSR count). The van der Waals surface area contributed by atoms with Crippen molar-refractivity contribution in [1.82, 2.24) is 4.90 Å². The van der Waals surface area contributed by atoms with Crippen molar-refractivity contribution in [2.24, 2.45) is 5.92 Å². The lowest BCUT2D eigenvalue weighted by atomic mass is 9.75. The molecule has 0 heterocycles. The Morgan fingerprint density at radius 2 is 1.54 bits per heavy atom. The van der Waals surface area contributed by atoms with Crippen LogP contribution in [0.5, 0.6) is 0 Å². The van der Waals surface area contributed by atoms with Gasteiger partial charge in [-0.05, 0) is 67.7 Å². The molecule has 5 heteroatoms. The molecule has 0 spiro atoms.